The van der Waals surface area contributed by atoms with Crippen LogP contribution in [0.3, 0.4) is 0 Å². The number of hydrogen-bond acceptors (Lipinski definition) is 3. The lowest BCUT2D eigenvalue weighted by molar-refractivity contribution is 0.111. The van der Waals surface area contributed by atoms with Crippen LogP contribution in [0.4, 0.5) is 4.39 Å². The lowest BCUT2D eigenvalue weighted by Crippen LogP contribution is -2.23. The summed E-state index contributed by atoms with van der Waals surface area (Å²) >= 11 is 5.87. The van der Waals surface area contributed by atoms with Crippen LogP contribution in [-0.2, 0) is 6.54 Å². The van der Waals surface area contributed by atoms with Crippen molar-refractivity contribution >= 4 is 11.6 Å². The summed E-state index contributed by atoms with van der Waals surface area (Å²) in [5.41, 5.74) is 1.81. The van der Waals surface area contributed by atoms with E-state index in [1.807, 2.05) is 18.2 Å². The normalized spacial score (nSPS) is 31.6. The Morgan fingerprint density at radius 3 is 2.64 bits per heavy atom. The number of rotatable bonds is 4. The van der Waals surface area contributed by atoms with Crippen LogP contribution in [0.25, 0.3) is 0 Å². The van der Waals surface area contributed by atoms with E-state index in [1.165, 1.54) is 11.6 Å². The van der Waals surface area contributed by atoms with Crippen LogP contribution in [0.2, 0.25) is 5.02 Å². The molecule has 2 N–H and O–H groups in total. The Hall–Kier alpha value is -1.46. The Kier molecular flexibility index (Phi) is 4.32. The molecule has 2 aromatic carbocycles. The average molecular weight is 362 g/mol. The van der Waals surface area contributed by atoms with Gasteiger partial charge >= 0.3 is 0 Å². The molecule has 5 heteroatoms. The van der Waals surface area contributed by atoms with Crippen molar-refractivity contribution < 1.29 is 14.6 Å². The zero-order valence-electron chi connectivity index (χ0n) is 13.8. The molecule has 0 bridgehead atoms. The van der Waals surface area contributed by atoms with Gasteiger partial charge in [-0.25, -0.2) is 4.39 Å². The van der Waals surface area contributed by atoms with Crippen LogP contribution >= 0.6 is 11.6 Å². The number of aliphatic hydroxyl groups excluding tert-OH is 2. The first-order valence-corrected chi connectivity index (χ1v) is 8.94. The van der Waals surface area contributed by atoms with Crippen LogP contribution in [0, 0.1) is 17.2 Å². The predicted octanol–water partition coefficient (Wildman–Crippen LogP) is 3.05. The largest absolute Gasteiger partial charge is 0.396 e. The smallest absolute Gasteiger partial charge is 0.141 e. The van der Waals surface area contributed by atoms with Gasteiger partial charge in [-0.3, -0.25) is 4.90 Å². The second kappa shape index (κ2) is 6.36. The van der Waals surface area contributed by atoms with Crippen molar-refractivity contribution in [1.82, 2.24) is 4.90 Å². The third-order valence-corrected chi connectivity index (χ3v) is 6.15. The molecular weight excluding hydrogens is 341 g/mol. The van der Waals surface area contributed by atoms with E-state index in [1.54, 1.807) is 12.1 Å². The van der Waals surface area contributed by atoms with Gasteiger partial charge < -0.3 is 10.2 Å². The lowest BCUT2D eigenvalue weighted by atomic mass is 9.95. The van der Waals surface area contributed by atoms with Crippen LogP contribution in [0.5, 0.6) is 0 Å². The van der Waals surface area contributed by atoms with Crippen LogP contribution < -0.4 is 0 Å². The molecule has 1 saturated heterocycles. The molecule has 132 valence electrons. The molecule has 2 aliphatic rings. The highest BCUT2D eigenvalue weighted by molar-refractivity contribution is 6.30. The first kappa shape index (κ1) is 17.0. The average Bonchev–Trinajstić information content (AvgIpc) is 3.15. The fourth-order valence-electron chi connectivity index (χ4n) is 4.68. The standard InChI is InChI=1S/C20H21ClFNO2/c21-16-8-13(6-7-17(16)22)9-23-10-18(25)20(12-23)15(11-24)19(20)14-4-2-1-3-5-14/h1-8,15,18-19,24-25H,9-12H2/t15-,18+,19-,20-/m1/s1. The van der Waals surface area contributed by atoms with Crippen molar-refractivity contribution in [2.24, 2.45) is 11.3 Å². The van der Waals surface area contributed by atoms with Crippen molar-refractivity contribution in [2.75, 3.05) is 19.7 Å². The van der Waals surface area contributed by atoms with Crippen molar-refractivity contribution in [3.63, 3.8) is 0 Å². The molecule has 1 heterocycles. The molecule has 3 nitrogen and oxygen atoms in total. The zero-order chi connectivity index (χ0) is 17.6. The molecule has 1 saturated carbocycles. The van der Waals surface area contributed by atoms with Gasteiger partial charge in [0.05, 0.1) is 11.1 Å². The third kappa shape index (κ3) is 2.77. The maximum Gasteiger partial charge on any atom is 0.141 e. The van der Waals surface area contributed by atoms with Crippen molar-refractivity contribution in [2.45, 2.75) is 18.6 Å². The highest BCUT2D eigenvalue weighted by Crippen LogP contribution is 2.68. The third-order valence-electron chi connectivity index (χ3n) is 5.86. The predicted molar refractivity (Wildman–Crippen MR) is 94.9 cm³/mol. The van der Waals surface area contributed by atoms with Crippen molar-refractivity contribution in [1.29, 1.82) is 0 Å². The maximum absolute atomic E-state index is 13.3. The molecule has 1 aliphatic heterocycles. The number of β-amino-alcohol motifs (C(OH)–C–C–N with tert-alkyl or cyclic N) is 1. The van der Waals surface area contributed by atoms with Gasteiger partial charge in [0.1, 0.15) is 5.82 Å². The number of likely N-dealkylation sites (tertiary alicyclic amines) is 1. The van der Waals surface area contributed by atoms with Gasteiger partial charge in [0.2, 0.25) is 0 Å². The summed E-state index contributed by atoms with van der Waals surface area (Å²) in [5.74, 6) is -0.169. The van der Waals surface area contributed by atoms with Gasteiger partial charge in [-0.1, -0.05) is 48.0 Å². The van der Waals surface area contributed by atoms with E-state index in [0.717, 1.165) is 5.56 Å². The summed E-state index contributed by atoms with van der Waals surface area (Å²) in [5, 5.41) is 20.7. The maximum atomic E-state index is 13.3. The van der Waals surface area contributed by atoms with E-state index in [-0.39, 0.29) is 28.9 Å². The highest BCUT2D eigenvalue weighted by Gasteiger charge is 2.70. The van der Waals surface area contributed by atoms with E-state index >= 15 is 0 Å². The van der Waals surface area contributed by atoms with Crippen molar-refractivity contribution in [3.05, 3.63) is 70.5 Å². The first-order chi connectivity index (χ1) is 12.1. The topological polar surface area (TPSA) is 43.7 Å². The van der Waals surface area contributed by atoms with E-state index in [9.17, 15) is 14.6 Å². The molecule has 0 unspecified atom stereocenters. The number of hydrogen-bond donors (Lipinski definition) is 2. The molecule has 1 spiro atoms. The van der Waals surface area contributed by atoms with Gasteiger partial charge in [-0.05, 0) is 35.1 Å². The van der Waals surface area contributed by atoms with Crippen LogP contribution in [-0.4, -0.2) is 40.9 Å². The SMILES string of the molecule is OC[C@@H]1[C@@H](c2ccccc2)[C@]12CN(Cc1ccc(F)c(Cl)c1)C[C@@H]2O. The second-order valence-corrected chi connectivity index (χ2v) is 7.63. The van der Waals surface area contributed by atoms with Gasteiger partial charge in [0.15, 0.2) is 0 Å². The molecule has 2 aromatic rings. The number of halogens is 2. The fraction of sp³-hybridized carbons (Fsp3) is 0.400. The molecule has 0 aromatic heterocycles. The van der Waals surface area contributed by atoms with E-state index < -0.39 is 11.9 Å². The Balaban J connectivity index is 1.53. The first-order valence-electron chi connectivity index (χ1n) is 8.56. The lowest BCUT2D eigenvalue weighted by Gasteiger charge is -2.17. The highest BCUT2D eigenvalue weighted by atomic mass is 35.5. The summed E-state index contributed by atoms with van der Waals surface area (Å²) < 4.78 is 13.3. The summed E-state index contributed by atoms with van der Waals surface area (Å²) in [4.78, 5) is 2.17. The summed E-state index contributed by atoms with van der Waals surface area (Å²) in [7, 11) is 0. The van der Waals surface area contributed by atoms with Gasteiger partial charge in [0, 0.05) is 31.7 Å². The summed E-state index contributed by atoms with van der Waals surface area (Å²) in [6.07, 6.45) is -0.481. The summed E-state index contributed by atoms with van der Waals surface area (Å²) in [6, 6.07) is 14.8. The molecule has 0 amide bonds. The number of aliphatic hydroxyl groups is 2. The van der Waals surface area contributed by atoms with E-state index in [2.05, 4.69) is 17.0 Å². The number of benzene rings is 2. The Morgan fingerprint density at radius 1 is 1.20 bits per heavy atom. The Bertz CT molecular complexity index is 772. The minimum Gasteiger partial charge on any atom is -0.396 e. The van der Waals surface area contributed by atoms with Gasteiger partial charge in [-0.15, -0.1) is 0 Å². The van der Waals surface area contributed by atoms with Crippen LogP contribution in [0.1, 0.15) is 17.0 Å². The Labute approximate surface area is 151 Å². The van der Waals surface area contributed by atoms with Gasteiger partial charge in [0.25, 0.3) is 0 Å². The molecule has 1 aliphatic carbocycles. The quantitative estimate of drug-likeness (QED) is 0.879. The molecule has 4 rings (SSSR count). The summed E-state index contributed by atoms with van der Waals surface area (Å²) in [6.45, 7) is 1.95. The number of nitrogens with zero attached hydrogens (tertiary/aromatic N) is 1. The molecule has 2 fully saturated rings. The minimum absolute atomic E-state index is 0.0757. The molecular formula is C20H21ClFNO2. The fourth-order valence-corrected chi connectivity index (χ4v) is 4.88. The molecule has 0 radical (unpaired) electrons. The van der Waals surface area contributed by atoms with Crippen molar-refractivity contribution in [3.8, 4) is 0 Å². The second-order valence-electron chi connectivity index (χ2n) is 7.22. The monoisotopic (exact) mass is 361 g/mol. The Morgan fingerprint density at radius 2 is 1.96 bits per heavy atom. The van der Waals surface area contributed by atoms with E-state index in [0.29, 0.717) is 19.6 Å². The molecule has 4 atom stereocenters. The zero-order valence-corrected chi connectivity index (χ0v) is 14.5. The minimum atomic E-state index is -0.481. The van der Waals surface area contributed by atoms with Gasteiger partial charge in [-0.2, -0.15) is 0 Å². The van der Waals surface area contributed by atoms with Crippen LogP contribution in [0.15, 0.2) is 48.5 Å². The molecule has 25 heavy (non-hydrogen) atoms. The van der Waals surface area contributed by atoms with E-state index in [4.69, 9.17) is 11.6 Å².